The van der Waals surface area contributed by atoms with E-state index in [0.29, 0.717) is 10.8 Å². The van der Waals surface area contributed by atoms with Gasteiger partial charge in [0.25, 0.3) is 0 Å². The molecule has 2 aliphatic rings. The minimum absolute atomic E-state index is 0.150. The molecule has 2 saturated carbocycles. The summed E-state index contributed by atoms with van der Waals surface area (Å²) in [4.78, 5) is 0. The Hall–Kier alpha value is -1.90. The van der Waals surface area contributed by atoms with Crippen LogP contribution in [-0.4, -0.2) is 6.61 Å². The highest BCUT2D eigenvalue weighted by Crippen LogP contribution is 2.49. The van der Waals surface area contributed by atoms with Gasteiger partial charge in [-0.05, 0) is 78.9 Å². The zero-order valence-electron chi connectivity index (χ0n) is 19.6. The van der Waals surface area contributed by atoms with Gasteiger partial charge >= 0.3 is 0 Å². The van der Waals surface area contributed by atoms with Crippen molar-refractivity contribution in [3.8, 4) is 5.75 Å². The van der Waals surface area contributed by atoms with Crippen molar-refractivity contribution in [2.45, 2.75) is 83.5 Å². The largest absolute Gasteiger partial charge is 0.486 e. The van der Waals surface area contributed by atoms with E-state index in [1.54, 1.807) is 12.1 Å². The third-order valence-corrected chi connectivity index (χ3v) is 8.02. The van der Waals surface area contributed by atoms with Crippen molar-refractivity contribution < 1.29 is 13.5 Å². The highest BCUT2D eigenvalue weighted by Gasteiger charge is 2.36. The van der Waals surface area contributed by atoms with Crippen LogP contribution in [0.2, 0.25) is 0 Å². The van der Waals surface area contributed by atoms with Crippen molar-refractivity contribution in [1.29, 1.82) is 0 Å². The second kappa shape index (κ2) is 10.8. The third-order valence-electron chi connectivity index (χ3n) is 8.02. The molecule has 1 nitrogen and oxygen atoms in total. The summed E-state index contributed by atoms with van der Waals surface area (Å²) in [5, 5.41) is 1.05. The first-order valence-corrected chi connectivity index (χ1v) is 12.8. The Morgan fingerprint density at radius 3 is 2.62 bits per heavy atom. The molecule has 32 heavy (non-hydrogen) atoms. The molecular weight excluding hydrogens is 402 g/mol. The van der Waals surface area contributed by atoms with Crippen LogP contribution in [0, 0.1) is 29.4 Å². The van der Waals surface area contributed by atoms with Crippen LogP contribution >= 0.6 is 0 Å². The van der Waals surface area contributed by atoms with Crippen molar-refractivity contribution in [1.82, 2.24) is 0 Å². The molecule has 2 fully saturated rings. The number of hydrogen-bond acceptors (Lipinski definition) is 1. The van der Waals surface area contributed by atoms with Crippen LogP contribution in [0.25, 0.3) is 10.8 Å². The maximum atomic E-state index is 15.5. The molecule has 0 heterocycles. The first-order valence-electron chi connectivity index (χ1n) is 12.8. The van der Waals surface area contributed by atoms with Gasteiger partial charge in [0.2, 0.25) is 0 Å². The summed E-state index contributed by atoms with van der Waals surface area (Å²) in [5.41, 5.74) is 0.775. The van der Waals surface area contributed by atoms with Crippen molar-refractivity contribution in [2.75, 3.05) is 6.61 Å². The second-order valence-electron chi connectivity index (χ2n) is 10.1. The van der Waals surface area contributed by atoms with Crippen molar-refractivity contribution >= 4 is 10.8 Å². The van der Waals surface area contributed by atoms with E-state index >= 15 is 4.39 Å². The number of hydrogen-bond donors (Lipinski definition) is 0. The standard InChI is InChI=1S/C29H38F2O/c1-3-5-6-7-8-20-9-10-22-17-23(12-11-21(22)16-20)25-14-13-24-18-28(32-15-4-2)27(30)19-26(24)29(25)31/h4,13-14,18-23H,2-3,5-12,15-17H2,1H3/t20?,21-,22?,23-/m1/s1. The number of benzene rings is 2. The number of halogens is 2. The lowest BCUT2D eigenvalue weighted by Gasteiger charge is -2.42. The molecule has 4 rings (SSSR count). The van der Waals surface area contributed by atoms with Crippen LogP contribution in [0.4, 0.5) is 8.78 Å². The van der Waals surface area contributed by atoms with E-state index in [9.17, 15) is 4.39 Å². The average molecular weight is 441 g/mol. The Balaban J connectivity index is 1.42. The number of ether oxygens (including phenoxy) is 1. The molecule has 174 valence electrons. The Kier molecular flexibility index (Phi) is 7.86. The van der Waals surface area contributed by atoms with E-state index in [-0.39, 0.29) is 24.1 Å². The van der Waals surface area contributed by atoms with Gasteiger partial charge < -0.3 is 4.74 Å². The lowest BCUT2D eigenvalue weighted by molar-refractivity contribution is 0.112. The minimum atomic E-state index is -0.517. The van der Waals surface area contributed by atoms with Gasteiger partial charge in [0, 0.05) is 5.39 Å². The summed E-state index contributed by atoms with van der Waals surface area (Å²) in [6, 6.07) is 6.74. The van der Waals surface area contributed by atoms with Crippen LogP contribution in [-0.2, 0) is 0 Å². The number of rotatable bonds is 9. The van der Waals surface area contributed by atoms with Gasteiger partial charge in [-0.1, -0.05) is 70.2 Å². The zero-order chi connectivity index (χ0) is 22.5. The van der Waals surface area contributed by atoms with Gasteiger partial charge in [0.15, 0.2) is 11.6 Å². The quantitative estimate of drug-likeness (QED) is 0.279. The van der Waals surface area contributed by atoms with E-state index in [2.05, 4.69) is 13.5 Å². The van der Waals surface area contributed by atoms with Gasteiger partial charge in [0.1, 0.15) is 12.4 Å². The van der Waals surface area contributed by atoms with Crippen LogP contribution in [0.3, 0.4) is 0 Å². The number of fused-ring (bicyclic) bond motifs is 2. The molecule has 0 saturated heterocycles. The maximum absolute atomic E-state index is 15.5. The van der Waals surface area contributed by atoms with Gasteiger partial charge in [0.05, 0.1) is 0 Å². The van der Waals surface area contributed by atoms with Gasteiger partial charge in [-0.15, -0.1) is 0 Å². The molecule has 2 aliphatic carbocycles. The maximum Gasteiger partial charge on any atom is 0.165 e. The van der Waals surface area contributed by atoms with E-state index < -0.39 is 5.82 Å². The zero-order valence-corrected chi connectivity index (χ0v) is 19.6. The average Bonchev–Trinajstić information content (AvgIpc) is 2.81. The Morgan fingerprint density at radius 1 is 1.00 bits per heavy atom. The topological polar surface area (TPSA) is 9.23 Å². The van der Waals surface area contributed by atoms with Crippen LogP contribution < -0.4 is 4.74 Å². The lowest BCUT2D eigenvalue weighted by atomic mass is 9.63. The molecular formula is C29H38F2O. The van der Waals surface area contributed by atoms with Crippen molar-refractivity contribution in [3.05, 3.63) is 54.1 Å². The molecule has 0 aromatic heterocycles. The summed E-state index contributed by atoms with van der Waals surface area (Å²) >= 11 is 0. The Bertz CT molecular complexity index is 921. The molecule has 2 unspecified atom stereocenters. The third kappa shape index (κ3) is 5.18. The molecule has 2 aromatic carbocycles. The smallest absolute Gasteiger partial charge is 0.165 e. The highest BCUT2D eigenvalue weighted by molar-refractivity contribution is 5.85. The van der Waals surface area contributed by atoms with E-state index in [0.717, 1.165) is 36.2 Å². The molecule has 4 atom stereocenters. The van der Waals surface area contributed by atoms with Crippen molar-refractivity contribution in [3.63, 3.8) is 0 Å². The second-order valence-corrected chi connectivity index (χ2v) is 10.1. The van der Waals surface area contributed by atoms with Crippen LogP contribution in [0.5, 0.6) is 5.75 Å². The molecule has 0 N–H and O–H groups in total. The fraction of sp³-hybridized carbons (Fsp3) is 0.586. The summed E-state index contributed by atoms with van der Waals surface area (Å²) in [5.74, 6) is 2.09. The fourth-order valence-corrected chi connectivity index (χ4v) is 6.27. The first-order chi connectivity index (χ1) is 15.6. The SMILES string of the molecule is C=CCOc1cc2ccc([C@@H]3CC[C@@H]4CC(CCCCCC)CCC4C3)c(F)c2cc1F. The monoisotopic (exact) mass is 440 g/mol. The van der Waals surface area contributed by atoms with Gasteiger partial charge in [-0.2, -0.15) is 0 Å². The molecule has 2 aromatic rings. The molecule has 0 spiro atoms. The summed E-state index contributed by atoms with van der Waals surface area (Å²) in [7, 11) is 0. The van der Waals surface area contributed by atoms with E-state index in [1.807, 2.05) is 12.1 Å². The Labute approximate surface area is 192 Å². The normalized spacial score (nSPS) is 25.5. The van der Waals surface area contributed by atoms with Gasteiger partial charge in [-0.3, -0.25) is 0 Å². The fourth-order valence-electron chi connectivity index (χ4n) is 6.27. The molecule has 0 amide bonds. The highest BCUT2D eigenvalue weighted by atomic mass is 19.1. The van der Waals surface area contributed by atoms with E-state index in [4.69, 9.17) is 4.74 Å². The van der Waals surface area contributed by atoms with Crippen LogP contribution in [0.1, 0.15) is 89.0 Å². The predicted octanol–water partition coefficient (Wildman–Crippen LogP) is 8.95. The summed E-state index contributed by atoms with van der Waals surface area (Å²) in [6.45, 7) is 6.09. The van der Waals surface area contributed by atoms with Crippen LogP contribution in [0.15, 0.2) is 36.9 Å². The summed E-state index contributed by atoms with van der Waals surface area (Å²) in [6.07, 6.45) is 15.8. The molecule has 0 bridgehead atoms. The predicted molar refractivity (Wildman–Crippen MR) is 129 cm³/mol. The molecule has 3 heteroatoms. The molecule has 0 aliphatic heterocycles. The first kappa shape index (κ1) is 23.3. The summed E-state index contributed by atoms with van der Waals surface area (Å²) < 4.78 is 35.3. The molecule has 0 radical (unpaired) electrons. The lowest BCUT2D eigenvalue weighted by Crippen LogP contribution is -2.30. The number of unbranched alkanes of at least 4 members (excludes halogenated alkanes) is 3. The van der Waals surface area contributed by atoms with Crippen molar-refractivity contribution in [2.24, 2.45) is 17.8 Å². The van der Waals surface area contributed by atoms with Gasteiger partial charge in [-0.25, -0.2) is 8.78 Å². The Morgan fingerprint density at radius 2 is 1.81 bits per heavy atom. The minimum Gasteiger partial charge on any atom is -0.486 e. The van der Waals surface area contributed by atoms with E-state index in [1.165, 1.54) is 63.9 Å².